The Labute approximate surface area is 211 Å². The monoisotopic (exact) mass is 488 g/mol. The van der Waals surface area contributed by atoms with Crippen molar-refractivity contribution in [3.05, 3.63) is 83.4 Å². The van der Waals surface area contributed by atoms with Crippen LogP contribution in [0, 0.1) is 0 Å². The van der Waals surface area contributed by atoms with E-state index >= 15 is 0 Å². The molecule has 0 fully saturated rings. The van der Waals surface area contributed by atoms with Crippen molar-refractivity contribution < 1.29 is 24.2 Å². The predicted molar refractivity (Wildman–Crippen MR) is 140 cm³/mol. The standard InChI is InChI=1S/C29H32N2O5/c1-29(2,16-15-26(32)33)21-9-7-20(8-10-21)27-28(34)31(18-19-5-11-22(35-3)12-6-19)25-17-23(36-4)13-14-24(25)30-27/h5-14,17,27,30H,15-16,18H2,1-4H3,(H,32,33). The number of aliphatic carboxylic acids is 1. The lowest BCUT2D eigenvalue weighted by Crippen LogP contribution is -2.41. The van der Waals surface area contributed by atoms with E-state index < -0.39 is 12.0 Å². The number of carboxylic acid groups (broad SMARTS) is 1. The van der Waals surface area contributed by atoms with Crippen LogP contribution in [0.25, 0.3) is 0 Å². The average Bonchev–Trinajstić information content (AvgIpc) is 2.89. The zero-order valence-corrected chi connectivity index (χ0v) is 21.1. The molecule has 0 saturated heterocycles. The summed E-state index contributed by atoms with van der Waals surface area (Å²) in [5.41, 5.74) is 4.19. The number of nitrogens with zero attached hydrogens (tertiary/aromatic N) is 1. The Hall–Kier alpha value is -4.00. The van der Waals surface area contributed by atoms with Crippen LogP contribution in [0.5, 0.6) is 11.5 Å². The van der Waals surface area contributed by atoms with Gasteiger partial charge in [-0.05, 0) is 52.8 Å². The quantitative estimate of drug-likeness (QED) is 0.411. The van der Waals surface area contributed by atoms with Gasteiger partial charge in [0, 0.05) is 12.5 Å². The highest BCUT2D eigenvalue weighted by molar-refractivity contribution is 6.05. The second-order valence-electron chi connectivity index (χ2n) is 9.63. The lowest BCUT2D eigenvalue weighted by molar-refractivity contribution is -0.137. The van der Waals surface area contributed by atoms with Gasteiger partial charge in [0.2, 0.25) is 0 Å². The average molecular weight is 489 g/mol. The number of carboxylic acids is 1. The molecule has 36 heavy (non-hydrogen) atoms. The molecule has 0 aromatic heterocycles. The van der Waals surface area contributed by atoms with Gasteiger partial charge >= 0.3 is 5.97 Å². The molecule has 0 aliphatic carbocycles. The van der Waals surface area contributed by atoms with E-state index in [4.69, 9.17) is 14.6 Å². The number of hydrogen-bond acceptors (Lipinski definition) is 5. The molecule has 1 atom stereocenters. The molecule has 2 N–H and O–H groups in total. The summed E-state index contributed by atoms with van der Waals surface area (Å²) in [6.45, 7) is 4.48. The van der Waals surface area contributed by atoms with Crippen molar-refractivity contribution in [1.29, 1.82) is 0 Å². The van der Waals surface area contributed by atoms with Gasteiger partial charge in [-0.15, -0.1) is 0 Å². The highest BCUT2D eigenvalue weighted by Crippen LogP contribution is 2.40. The van der Waals surface area contributed by atoms with Gasteiger partial charge in [0.1, 0.15) is 17.5 Å². The summed E-state index contributed by atoms with van der Waals surface area (Å²) in [5.74, 6) is 0.569. The fourth-order valence-electron chi connectivity index (χ4n) is 4.47. The van der Waals surface area contributed by atoms with Crippen LogP contribution in [0.4, 0.5) is 11.4 Å². The Kier molecular flexibility index (Phi) is 7.20. The topological polar surface area (TPSA) is 88.1 Å². The minimum atomic E-state index is -0.802. The van der Waals surface area contributed by atoms with Crippen LogP contribution in [-0.2, 0) is 21.5 Å². The van der Waals surface area contributed by atoms with Crippen LogP contribution >= 0.6 is 0 Å². The summed E-state index contributed by atoms with van der Waals surface area (Å²) < 4.78 is 10.7. The molecule has 1 heterocycles. The highest BCUT2D eigenvalue weighted by atomic mass is 16.5. The minimum absolute atomic E-state index is 0.0653. The number of benzene rings is 3. The number of carbonyl (C=O) groups is 2. The molecule has 0 radical (unpaired) electrons. The Morgan fingerprint density at radius 1 is 0.972 bits per heavy atom. The molecule has 0 saturated carbocycles. The van der Waals surface area contributed by atoms with Gasteiger partial charge in [-0.3, -0.25) is 9.59 Å². The molecule has 188 valence electrons. The van der Waals surface area contributed by atoms with E-state index in [0.717, 1.165) is 33.8 Å². The molecular formula is C29H32N2O5. The summed E-state index contributed by atoms with van der Waals surface area (Å²) in [6.07, 6.45) is 0.644. The van der Waals surface area contributed by atoms with Gasteiger partial charge < -0.3 is 24.8 Å². The molecule has 3 aromatic carbocycles. The summed E-state index contributed by atoms with van der Waals surface area (Å²) in [7, 11) is 3.23. The molecule has 0 spiro atoms. The van der Waals surface area contributed by atoms with Gasteiger partial charge in [-0.25, -0.2) is 0 Å². The lowest BCUT2D eigenvalue weighted by Gasteiger charge is -2.36. The van der Waals surface area contributed by atoms with Crippen molar-refractivity contribution in [2.24, 2.45) is 0 Å². The number of methoxy groups -OCH3 is 2. The largest absolute Gasteiger partial charge is 0.497 e. The van der Waals surface area contributed by atoms with Crippen LogP contribution in [0.15, 0.2) is 66.7 Å². The molecular weight excluding hydrogens is 456 g/mol. The van der Waals surface area contributed by atoms with Gasteiger partial charge in [-0.1, -0.05) is 50.2 Å². The number of amides is 1. The third-order valence-electron chi connectivity index (χ3n) is 6.80. The lowest BCUT2D eigenvalue weighted by atomic mass is 9.80. The van der Waals surface area contributed by atoms with Gasteiger partial charge in [0.25, 0.3) is 5.91 Å². The van der Waals surface area contributed by atoms with Gasteiger partial charge in [-0.2, -0.15) is 0 Å². The van der Waals surface area contributed by atoms with E-state index in [9.17, 15) is 9.59 Å². The number of rotatable bonds is 9. The molecule has 1 aliphatic heterocycles. The van der Waals surface area contributed by atoms with Crippen LogP contribution in [0.2, 0.25) is 0 Å². The number of anilines is 2. The molecule has 1 amide bonds. The van der Waals surface area contributed by atoms with Crippen molar-refractivity contribution in [3.8, 4) is 11.5 Å². The zero-order valence-electron chi connectivity index (χ0n) is 21.1. The second-order valence-corrected chi connectivity index (χ2v) is 9.63. The fraction of sp³-hybridized carbons (Fsp3) is 0.310. The normalized spacial score (nSPS) is 15.2. The first-order valence-electron chi connectivity index (χ1n) is 11.9. The smallest absolute Gasteiger partial charge is 0.303 e. The Morgan fingerprint density at radius 2 is 1.61 bits per heavy atom. The molecule has 7 nitrogen and oxygen atoms in total. The van der Waals surface area contributed by atoms with Crippen LogP contribution in [0.1, 0.15) is 49.4 Å². The van der Waals surface area contributed by atoms with Crippen LogP contribution < -0.4 is 19.7 Å². The minimum Gasteiger partial charge on any atom is -0.497 e. The first-order chi connectivity index (χ1) is 17.2. The summed E-state index contributed by atoms with van der Waals surface area (Å²) in [6, 6.07) is 20.7. The van der Waals surface area contributed by atoms with Crippen molar-refractivity contribution in [3.63, 3.8) is 0 Å². The highest BCUT2D eigenvalue weighted by Gasteiger charge is 2.34. The number of hydrogen-bond donors (Lipinski definition) is 2. The third-order valence-corrected chi connectivity index (χ3v) is 6.80. The Balaban J connectivity index is 1.64. The zero-order chi connectivity index (χ0) is 25.9. The van der Waals surface area contributed by atoms with Crippen LogP contribution in [0.3, 0.4) is 0 Å². The predicted octanol–water partition coefficient (Wildman–Crippen LogP) is 5.55. The molecule has 1 aliphatic rings. The summed E-state index contributed by atoms with van der Waals surface area (Å²) >= 11 is 0. The number of nitrogens with one attached hydrogen (secondary N) is 1. The third kappa shape index (κ3) is 5.30. The number of carbonyl (C=O) groups excluding carboxylic acids is 1. The molecule has 0 bridgehead atoms. The van der Waals surface area contributed by atoms with E-state index in [0.29, 0.717) is 18.7 Å². The van der Waals surface area contributed by atoms with Crippen molar-refractivity contribution in [2.75, 3.05) is 24.4 Å². The number of fused-ring (bicyclic) bond motifs is 1. The molecule has 4 rings (SSSR count). The maximum absolute atomic E-state index is 13.8. The number of ether oxygens (including phenoxy) is 2. The van der Waals surface area contributed by atoms with Crippen LogP contribution in [-0.4, -0.2) is 31.2 Å². The Morgan fingerprint density at radius 3 is 2.22 bits per heavy atom. The van der Waals surface area contributed by atoms with Crippen molar-refractivity contribution in [1.82, 2.24) is 0 Å². The maximum Gasteiger partial charge on any atom is 0.303 e. The first kappa shape index (κ1) is 25.1. The maximum atomic E-state index is 13.8. The van der Waals surface area contributed by atoms with E-state index in [-0.39, 0.29) is 17.7 Å². The second kappa shape index (κ2) is 10.3. The van der Waals surface area contributed by atoms with E-state index in [1.165, 1.54) is 0 Å². The van der Waals surface area contributed by atoms with Gasteiger partial charge in [0.15, 0.2) is 0 Å². The van der Waals surface area contributed by atoms with Gasteiger partial charge in [0.05, 0.1) is 32.1 Å². The summed E-state index contributed by atoms with van der Waals surface area (Å²) in [5, 5.41) is 12.5. The van der Waals surface area contributed by atoms with E-state index in [1.807, 2.05) is 80.6 Å². The van der Waals surface area contributed by atoms with E-state index in [2.05, 4.69) is 5.32 Å². The first-order valence-corrected chi connectivity index (χ1v) is 11.9. The summed E-state index contributed by atoms with van der Waals surface area (Å²) in [4.78, 5) is 26.6. The van der Waals surface area contributed by atoms with Crippen molar-refractivity contribution >= 4 is 23.3 Å². The Bertz CT molecular complexity index is 1240. The molecule has 7 heteroatoms. The molecule has 1 unspecified atom stereocenters. The molecule has 3 aromatic rings. The fourth-order valence-corrected chi connectivity index (χ4v) is 4.47. The SMILES string of the molecule is COc1ccc(CN2C(=O)C(c3ccc(C(C)(C)CCC(=O)O)cc3)Nc3ccc(OC)cc32)cc1. The van der Waals surface area contributed by atoms with Crippen molar-refractivity contribution in [2.45, 2.75) is 44.7 Å². The van der Waals surface area contributed by atoms with E-state index in [1.54, 1.807) is 19.1 Å².